The van der Waals surface area contributed by atoms with Crippen molar-refractivity contribution in [1.82, 2.24) is 14.1 Å². The van der Waals surface area contributed by atoms with Crippen molar-refractivity contribution in [3.05, 3.63) is 84.5 Å². The summed E-state index contributed by atoms with van der Waals surface area (Å²) in [7, 11) is 1.88. The summed E-state index contributed by atoms with van der Waals surface area (Å²) in [6.45, 7) is 2.36. The summed E-state index contributed by atoms with van der Waals surface area (Å²) >= 11 is 7.25. The summed E-state index contributed by atoms with van der Waals surface area (Å²) in [5, 5.41) is 10.6. The van der Waals surface area contributed by atoms with Gasteiger partial charge in [-0.2, -0.15) is 5.26 Å². The Morgan fingerprint density at radius 1 is 1.24 bits per heavy atom. The normalized spacial score (nSPS) is 13.0. The molecular weight excluding hydrogens is 404 g/mol. The van der Waals surface area contributed by atoms with Crippen molar-refractivity contribution in [2.75, 3.05) is 0 Å². The number of rotatable bonds is 3. The zero-order chi connectivity index (χ0) is 20.5. The number of thiazole rings is 1. The first kappa shape index (κ1) is 19.2. The van der Waals surface area contributed by atoms with Crippen LogP contribution in [-0.2, 0) is 13.6 Å². The van der Waals surface area contributed by atoms with E-state index >= 15 is 0 Å². The van der Waals surface area contributed by atoms with E-state index in [1.165, 1.54) is 11.3 Å². The van der Waals surface area contributed by atoms with Crippen molar-refractivity contribution in [3.8, 4) is 6.07 Å². The highest BCUT2D eigenvalue weighted by atomic mass is 35.5. The van der Waals surface area contributed by atoms with Crippen molar-refractivity contribution in [2.45, 2.75) is 13.5 Å². The number of aromatic nitrogens is 3. The van der Waals surface area contributed by atoms with Gasteiger partial charge in [0.25, 0.3) is 5.56 Å². The number of benzene rings is 2. The van der Waals surface area contributed by atoms with E-state index in [1.54, 1.807) is 16.7 Å². The largest absolute Gasteiger partial charge is 0.326 e. The zero-order valence-corrected chi connectivity index (χ0v) is 17.5. The summed E-state index contributed by atoms with van der Waals surface area (Å²) in [4.78, 5) is 17.6. The van der Waals surface area contributed by atoms with Crippen molar-refractivity contribution in [1.29, 1.82) is 5.26 Å². The molecule has 4 aromatic rings. The van der Waals surface area contributed by atoms with Gasteiger partial charge in [-0.3, -0.25) is 9.36 Å². The van der Waals surface area contributed by atoms with Crippen LogP contribution in [0.15, 0.2) is 53.3 Å². The van der Waals surface area contributed by atoms with Crippen LogP contribution in [0.4, 0.5) is 0 Å². The number of halogens is 1. The molecule has 2 aromatic carbocycles. The molecule has 0 saturated carbocycles. The first-order valence-electron chi connectivity index (χ1n) is 9.06. The molecule has 7 heteroatoms. The average molecular weight is 421 g/mol. The Morgan fingerprint density at radius 2 is 1.97 bits per heavy atom. The van der Waals surface area contributed by atoms with Crippen LogP contribution in [0.1, 0.15) is 18.3 Å². The van der Waals surface area contributed by atoms with Crippen LogP contribution < -0.4 is 14.8 Å². The summed E-state index contributed by atoms with van der Waals surface area (Å²) in [5.41, 5.74) is 2.90. The van der Waals surface area contributed by atoms with Gasteiger partial charge in [0.2, 0.25) is 0 Å². The fourth-order valence-electron chi connectivity index (χ4n) is 3.27. The third-order valence-electron chi connectivity index (χ3n) is 4.73. The van der Waals surface area contributed by atoms with E-state index in [0.29, 0.717) is 32.2 Å². The van der Waals surface area contributed by atoms with Crippen LogP contribution in [0, 0.1) is 11.3 Å². The molecule has 0 aliphatic heterocycles. The third-order valence-corrected chi connectivity index (χ3v) is 6.11. The second kappa shape index (κ2) is 7.70. The van der Waals surface area contributed by atoms with Crippen molar-refractivity contribution in [2.24, 2.45) is 7.05 Å². The van der Waals surface area contributed by atoms with E-state index in [1.807, 2.05) is 61.0 Å². The Kier molecular flexibility index (Phi) is 5.10. The lowest BCUT2D eigenvalue weighted by atomic mass is 10.2. The summed E-state index contributed by atoms with van der Waals surface area (Å²) in [6, 6.07) is 17.3. The molecule has 29 heavy (non-hydrogen) atoms. The minimum Gasteiger partial charge on any atom is -0.326 e. The monoisotopic (exact) mass is 420 g/mol. The van der Waals surface area contributed by atoms with Gasteiger partial charge in [-0.1, -0.05) is 35.9 Å². The molecule has 0 bridgehead atoms. The van der Waals surface area contributed by atoms with E-state index in [-0.39, 0.29) is 5.56 Å². The number of aryl methyl sites for hydroxylation is 1. The van der Waals surface area contributed by atoms with Gasteiger partial charge in [0.15, 0.2) is 5.82 Å². The molecule has 0 aliphatic rings. The minimum atomic E-state index is -0.117. The van der Waals surface area contributed by atoms with E-state index in [9.17, 15) is 10.1 Å². The molecule has 4 rings (SSSR count). The van der Waals surface area contributed by atoms with Gasteiger partial charge in [-0.05, 0) is 42.8 Å². The molecule has 0 amide bonds. The fraction of sp³-hybridized carbons (Fsp3) is 0.136. The number of nitrogens with zero attached hydrogens (tertiary/aromatic N) is 4. The van der Waals surface area contributed by atoms with E-state index in [0.717, 1.165) is 16.6 Å². The number of hydrogen-bond donors (Lipinski definition) is 0. The maximum absolute atomic E-state index is 13.0. The standard InChI is InChI=1S/C22H17ClN4OS/c1-3-27-21(28)19(12-14-8-10-15(23)11-9-14)29-22(27)16(13-24)20-25-17-6-4-5-7-18(17)26(20)2/h4-12H,3H2,1-2H3. The maximum atomic E-state index is 13.0. The van der Waals surface area contributed by atoms with Crippen LogP contribution in [0.3, 0.4) is 0 Å². The Balaban J connectivity index is 2.03. The van der Waals surface area contributed by atoms with Crippen LogP contribution in [0.5, 0.6) is 0 Å². The van der Waals surface area contributed by atoms with E-state index in [2.05, 4.69) is 11.1 Å². The Morgan fingerprint density at radius 3 is 2.62 bits per heavy atom. The number of para-hydroxylation sites is 2. The Hall–Kier alpha value is -3.14. The Labute approximate surface area is 176 Å². The van der Waals surface area contributed by atoms with Crippen molar-refractivity contribution < 1.29 is 0 Å². The molecule has 0 atom stereocenters. The van der Waals surface area contributed by atoms with Gasteiger partial charge < -0.3 is 4.57 Å². The van der Waals surface area contributed by atoms with Gasteiger partial charge in [0.05, 0.1) is 15.6 Å². The van der Waals surface area contributed by atoms with Gasteiger partial charge in [-0.15, -0.1) is 11.3 Å². The summed E-state index contributed by atoms with van der Waals surface area (Å²) in [6.07, 6.45) is 1.82. The predicted octanol–water partition coefficient (Wildman–Crippen LogP) is 3.02. The molecule has 0 spiro atoms. The molecular formula is C22H17ClN4OS. The van der Waals surface area contributed by atoms with Gasteiger partial charge in [-0.25, -0.2) is 4.98 Å². The third kappa shape index (κ3) is 3.39. The SMILES string of the molecule is CCn1c(=C(C#N)c2nc3ccccc3n2C)sc(=Cc2ccc(Cl)cc2)c1=O. The molecule has 5 nitrogen and oxygen atoms in total. The number of nitriles is 1. The fourth-order valence-corrected chi connectivity index (χ4v) is 4.55. The van der Waals surface area contributed by atoms with Crippen LogP contribution in [-0.4, -0.2) is 14.1 Å². The van der Waals surface area contributed by atoms with Gasteiger partial charge in [0.1, 0.15) is 16.3 Å². The smallest absolute Gasteiger partial charge is 0.269 e. The molecule has 2 heterocycles. The average Bonchev–Trinajstić information content (AvgIpc) is 3.22. The lowest BCUT2D eigenvalue weighted by molar-refractivity contribution is 0.720. The summed E-state index contributed by atoms with van der Waals surface area (Å²) in [5.74, 6) is 0.551. The second-order valence-corrected chi connectivity index (χ2v) is 7.95. The van der Waals surface area contributed by atoms with Gasteiger partial charge in [0, 0.05) is 18.6 Å². The molecule has 0 N–H and O–H groups in total. The molecule has 0 aliphatic carbocycles. The Bertz CT molecular complexity index is 1440. The highest BCUT2D eigenvalue weighted by Gasteiger charge is 2.16. The molecule has 144 valence electrons. The molecule has 0 saturated heterocycles. The molecule has 0 unspecified atom stereocenters. The quantitative estimate of drug-likeness (QED) is 0.511. The number of imidazole rings is 1. The second-order valence-electron chi connectivity index (χ2n) is 6.49. The number of fused-ring (bicyclic) bond motifs is 1. The van der Waals surface area contributed by atoms with Crippen molar-refractivity contribution >= 4 is 45.6 Å². The van der Waals surface area contributed by atoms with E-state index in [4.69, 9.17) is 11.6 Å². The minimum absolute atomic E-state index is 0.117. The lowest BCUT2D eigenvalue weighted by Crippen LogP contribution is -2.31. The van der Waals surface area contributed by atoms with Crippen LogP contribution in [0.2, 0.25) is 5.02 Å². The highest BCUT2D eigenvalue weighted by Crippen LogP contribution is 2.18. The van der Waals surface area contributed by atoms with Crippen LogP contribution >= 0.6 is 22.9 Å². The molecule has 0 fully saturated rings. The molecule has 2 aromatic heterocycles. The first-order chi connectivity index (χ1) is 14.0. The maximum Gasteiger partial charge on any atom is 0.269 e. The zero-order valence-electron chi connectivity index (χ0n) is 15.9. The van der Waals surface area contributed by atoms with Gasteiger partial charge >= 0.3 is 0 Å². The van der Waals surface area contributed by atoms with Crippen LogP contribution in [0.25, 0.3) is 22.7 Å². The summed E-state index contributed by atoms with van der Waals surface area (Å²) < 4.78 is 4.69. The molecule has 0 radical (unpaired) electrons. The highest BCUT2D eigenvalue weighted by molar-refractivity contribution is 7.07. The van der Waals surface area contributed by atoms with Crippen molar-refractivity contribution in [3.63, 3.8) is 0 Å². The predicted molar refractivity (Wildman–Crippen MR) is 117 cm³/mol. The van der Waals surface area contributed by atoms with E-state index < -0.39 is 0 Å². The lowest BCUT2D eigenvalue weighted by Gasteiger charge is -2.01. The first-order valence-corrected chi connectivity index (χ1v) is 10.3. The number of hydrogen-bond acceptors (Lipinski definition) is 4. The topological polar surface area (TPSA) is 63.6 Å².